The first-order chi connectivity index (χ1) is 9.45. The minimum atomic E-state index is -4.52. The van der Waals surface area contributed by atoms with Crippen LogP contribution in [0.15, 0.2) is 17.0 Å². The monoisotopic (exact) mass is 338 g/mol. The van der Waals surface area contributed by atoms with E-state index in [0.717, 1.165) is 7.11 Å². The van der Waals surface area contributed by atoms with Crippen molar-refractivity contribution in [3.63, 3.8) is 0 Å². The van der Waals surface area contributed by atoms with Gasteiger partial charge in [-0.25, -0.2) is 18.4 Å². The van der Waals surface area contributed by atoms with Crippen LogP contribution < -0.4 is 9.86 Å². The predicted octanol–water partition coefficient (Wildman–Crippen LogP) is -0.679. The predicted molar refractivity (Wildman–Crippen MR) is 72.3 cm³/mol. The standard InChI is InChI=1S/C10H14N2O7S2/c1-6-3-7(5-12-21(16,17)18)9(10(13)19-2)8(4-6)20(11,14)15/h3-4,12H,5H2,1-2H3,(H2,11,14,15)(H,16,17,18). The molecule has 0 radical (unpaired) electrons. The minimum Gasteiger partial charge on any atom is -0.465 e. The molecule has 0 saturated carbocycles. The van der Waals surface area contributed by atoms with Crippen LogP contribution in [0.5, 0.6) is 0 Å². The van der Waals surface area contributed by atoms with Crippen molar-refractivity contribution >= 4 is 26.3 Å². The summed E-state index contributed by atoms with van der Waals surface area (Å²) in [4.78, 5) is 11.3. The number of nitrogens with one attached hydrogen (secondary N) is 1. The van der Waals surface area contributed by atoms with E-state index in [9.17, 15) is 21.6 Å². The molecule has 0 aliphatic carbocycles. The van der Waals surface area contributed by atoms with E-state index in [2.05, 4.69) is 4.74 Å². The van der Waals surface area contributed by atoms with Gasteiger partial charge in [-0.05, 0) is 24.1 Å². The molecule has 4 N–H and O–H groups in total. The summed E-state index contributed by atoms with van der Waals surface area (Å²) in [6.07, 6.45) is 0. The summed E-state index contributed by atoms with van der Waals surface area (Å²) >= 11 is 0. The summed E-state index contributed by atoms with van der Waals surface area (Å²) in [6, 6.07) is 2.54. The molecule has 0 atom stereocenters. The smallest absolute Gasteiger partial charge is 0.339 e. The molecule has 1 aromatic rings. The van der Waals surface area contributed by atoms with Gasteiger partial charge in [0, 0.05) is 6.54 Å². The molecule has 0 fully saturated rings. The largest absolute Gasteiger partial charge is 0.465 e. The van der Waals surface area contributed by atoms with Gasteiger partial charge in [-0.1, -0.05) is 6.07 Å². The number of primary sulfonamides is 1. The van der Waals surface area contributed by atoms with Crippen LogP contribution in [-0.4, -0.2) is 34.5 Å². The molecule has 0 bridgehead atoms. The fourth-order valence-corrected chi connectivity index (χ4v) is 2.88. The van der Waals surface area contributed by atoms with Crippen LogP contribution in [0.4, 0.5) is 0 Å². The van der Waals surface area contributed by atoms with Gasteiger partial charge in [0.15, 0.2) is 0 Å². The number of esters is 1. The van der Waals surface area contributed by atoms with Gasteiger partial charge in [0.05, 0.1) is 17.6 Å². The van der Waals surface area contributed by atoms with E-state index < -0.39 is 37.7 Å². The highest BCUT2D eigenvalue weighted by atomic mass is 32.2. The third-order valence-corrected chi connectivity index (χ3v) is 3.91. The molecule has 0 saturated heterocycles. The van der Waals surface area contributed by atoms with Crippen molar-refractivity contribution < 1.29 is 30.9 Å². The lowest BCUT2D eigenvalue weighted by Gasteiger charge is -2.13. The minimum absolute atomic E-state index is 0.00324. The normalized spacial score (nSPS) is 12.2. The Kier molecular flexibility index (Phi) is 5.07. The van der Waals surface area contributed by atoms with Gasteiger partial charge in [0.25, 0.3) is 0 Å². The van der Waals surface area contributed by atoms with Crippen LogP contribution >= 0.6 is 0 Å². The molecule has 0 aliphatic rings. The molecule has 11 heteroatoms. The Morgan fingerprint density at radius 3 is 2.33 bits per heavy atom. The van der Waals surface area contributed by atoms with E-state index in [1.54, 1.807) is 4.72 Å². The van der Waals surface area contributed by atoms with E-state index in [0.29, 0.717) is 5.56 Å². The number of rotatable bonds is 5. The maximum absolute atomic E-state index is 11.8. The van der Waals surface area contributed by atoms with Crippen molar-refractivity contribution in [2.75, 3.05) is 7.11 Å². The molecule has 0 spiro atoms. The SMILES string of the molecule is COC(=O)c1c(CNS(=O)(=O)O)cc(C)cc1S(N)(=O)=O. The van der Waals surface area contributed by atoms with Crippen LogP contribution in [-0.2, 0) is 31.6 Å². The summed E-state index contributed by atoms with van der Waals surface area (Å²) in [5, 5.41) is 5.05. The number of hydrogen-bond donors (Lipinski definition) is 3. The summed E-state index contributed by atoms with van der Waals surface area (Å²) in [6.45, 7) is 1.03. The van der Waals surface area contributed by atoms with Crippen LogP contribution in [0.1, 0.15) is 21.5 Å². The number of benzene rings is 1. The van der Waals surface area contributed by atoms with Crippen LogP contribution in [0.2, 0.25) is 0 Å². The molecular weight excluding hydrogens is 324 g/mol. The van der Waals surface area contributed by atoms with Crippen molar-refractivity contribution in [2.24, 2.45) is 5.14 Å². The number of carbonyl (C=O) groups excluding carboxylic acids is 1. The van der Waals surface area contributed by atoms with Gasteiger partial charge in [-0.3, -0.25) is 4.55 Å². The first-order valence-electron chi connectivity index (χ1n) is 5.42. The summed E-state index contributed by atoms with van der Waals surface area (Å²) in [5.41, 5.74) is 0.0454. The number of sulfonamides is 1. The zero-order valence-electron chi connectivity index (χ0n) is 11.2. The van der Waals surface area contributed by atoms with E-state index in [-0.39, 0.29) is 11.1 Å². The Balaban J connectivity index is 3.55. The van der Waals surface area contributed by atoms with E-state index >= 15 is 0 Å². The van der Waals surface area contributed by atoms with E-state index in [1.165, 1.54) is 19.1 Å². The zero-order chi connectivity index (χ0) is 16.4. The highest BCUT2D eigenvalue weighted by Crippen LogP contribution is 2.22. The Hall–Kier alpha value is -1.53. The summed E-state index contributed by atoms with van der Waals surface area (Å²) < 4.78 is 59.4. The highest BCUT2D eigenvalue weighted by Gasteiger charge is 2.24. The van der Waals surface area contributed by atoms with E-state index in [4.69, 9.17) is 9.69 Å². The number of methoxy groups -OCH3 is 1. The van der Waals surface area contributed by atoms with Crippen molar-refractivity contribution in [3.05, 3.63) is 28.8 Å². The highest BCUT2D eigenvalue weighted by molar-refractivity contribution is 7.89. The number of aryl methyl sites for hydroxylation is 1. The Morgan fingerprint density at radius 1 is 1.33 bits per heavy atom. The first kappa shape index (κ1) is 17.5. The van der Waals surface area contributed by atoms with Crippen molar-refractivity contribution in [2.45, 2.75) is 18.4 Å². The number of ether oxygens (including phenoxy) is 1. The number of nitrogens with two attached hydrogens (primary N) is 1. The molecule has 0 heterocycles. The second kappa shape index (κ2) is 6.07. The van der Waals surface area contributed by atoms with Crippen LogP contribution in [0, 0.1) is 6.92 Å². The Morgan fingerprint density at radius 2 is 1.90 bits per heavy atom. The lowest BCUT2D eigenvalue weighted by molar-refractivity contribution is 0.0594. The topological polar surface area (TPSA) is 153 Å². The first-order valence-corrected chi connectivity index (χ1v) is 8.41. The quantitative estimate of drug-likeness (QED) is 0.475. The lowest BCUT2D eigenvalue weighted by Crippen LogP contribution is -2.25. The van der Waals surface area contributed by atoms with Gasteiger partial charge in [-0.2, -0.15) is 13.1 Å². The van der Waals surface area contributed by atoms with Crippen LogP contribution in [0.3, 0.4) is 0 Å². The average Bonchev–Trinajstić information content (AvgIpc) is 2.32. The third kappa shape index (κ3) is 4.75. The van der Waals surface area contributed by atoms with Gasteiger partial charge in [0.1, 0.15) is 0 Å². The zero-order valence-corrected chi connectivity index (χ0v) is 12.8. The van der Waals surface area contributed by atoms with Gasteiger partial charge in [-0.15, -0.1) is 0 Å². The van der Waals surface area contributed by atoms with Crippen molar-refractivity contribution in [3.8, 4) is 0 Å². The second-order valence-corrected chi connectivity index (χ2v) is 6.90. The van der Waals surface area contributed by atoms with Gasteiger partial charge in [0.2, 0.25) is 10.0 Å². The second-order valence-electron chi connectivity index (χ2n) is 4.13. The molecule has 1 aromatic carbocycles. The average molecular weight is 338 g/mol. The maximum atomic E-state index is 11.8. The molecule has 118 valence electrons. The fourth-order valence-electron chi connectivity index (χ4n) is 1.69. The Labute approximate surface area is 122 Å². The van der Waals surface area contributed by atoms with Gasteiger partial charge < -0.3 is 4.74 Å². The molecule has 0 amide bonds. The van der Waals surface area contributed by atoms with E-state index in [1.807, 2.05) is 0 Å². The molecule has 1 rings (SSSR count). The van der Waals surface area contributed by atoms with Crippen molar-refractivity contribution in [1.82, 2.24) is 4.72 Å². The van der Waals surface area contributed by atoms with Crippen LogP contribution in [0.25, 0.3) is 0 Å². The maximum Gasteiger partial charge on any atom is 0.339 e. The van der Waals surface area contributed by atoms with Gasteiger partial charge >= 0.3 is 16.3 Å². The van der Waals surface area contributed by atoms with Crippen molar-refractivity contribution in [1.29, 1.82) is 0 Å². The molecule has 21 heavy (non-hydrogen) atoms. The molecule has 0 unspecified atom stereocenters. The number of hydrogen-bond acceptors (Lipinski definition) is 6. The number of carbonyl (C=O) groups is 1. The molecular formula is C10H14N2O7S2. The summed E-state index contributed by atoms with van der Waals surface area (Å²) in [5.74, 6) is -0.994. The lowest BCUT2D eigenvalue weighted by atomic mass is 10.0. The molecule has 9 nitrogen and oxygen atoms in total. The fraction of sp³-hybridized carbons (Fsp3) is 0.300. The third-order valence-electron chi connectivity index (χ3n) is 2.47. The summed E-state index contributed by atoms with van der Waals surface area (Å²) in [7, 11) is -7.71. The molecule has 0 aromatic heterocycles. The molecule has 0 aliphatic heterocycles. The Bertz CT molecular complexity index is 769.